The summed E-state index contributed by atoms with van der Waals surface area (Å²) < 4.78 is 12.7. The Morgan fingerprint density at radius 1 is 0.893 bits per heavy atom. The van der Waals surface area contributed by atoms with E-state index in [1.807, 2.05) is 0 Å². The van der Waals surface area contributed by atoms with Crippen LogP contribution in [0.1, 0.15) is 85.3 Å². The largest absolute Gasteiger partial charge is 0.497 e. The Morgan fingerprint density at radius 2 is 1.39 bits per heavy atom. The highest BCUT2D eigenvalue weighted by Crippen LogP contribution is 2.48. The molecular formula is C25H42O2Si. The zero-order valence-electron chi connectivity index (χ0n) is 19.3. The predicted octanol–water partition coefficient (Wildman–Crippen LogP) is 8.06. The minimum atomic E-state index is -2.01. The predicted molar refractivity (Wildman–Crippen MR) is 124 cm³/mol. The first-order valence-corrected chi connectivity index (χ1v) is 13.4. The molecule has 2 rings (SSSR count). The van der Waals surface area contributed by atoms with Gasteiger partial charge in [-0.05, 0) is 58.7 Å². The fourth-order valence-corrected chi connectivity index (χ4v) is 10.9. The molecule has 2 nitrogen and oxygen atoms in total. The van der Waals surface area contributed by atoms with Crippen LogP contribution in [0.5, 0.6) is 5.75 Å². The molecule has 1 aromatic rings. The van der Waals surface area contributed by atoms with Gasteiger partial charge in [-0.3, -0.25) is 0 Å². The van der Waals surface area contributed by atoms with Crippen molar-refractivity contribution in [3.63, 3.8) is 0 Å². The van der Waals surface area contributed by atoms with Crippen molar-refractivity contribution in [2.24, 2.45) is 5.92 Å². The van der Waals surface area contributed by atoms with E-state index in [-0.39, 0.29) is 6.10 Å². The van der Waals surface area contributed by atoms with Crippen LogP contribution in [0.3, 0.4) is 0 Å². The molecule has 3 heteroatoms. The van der Waals surface area contributed by atoms with Crippen molar-refractivity contribution >= 4 is 8.32 Å². The van der Waals surface area contributed by atoms with Crippen LogP contribution in [0.2, 0.25) is 16.6 Å². The van der Waals surface area contributed by atoms with Crippen LogP contribution >= 0.6 is 0 Å². The Labute approximate surface area is 174 Å². The fraction of sp³-hybridized carbons (Fsp3) is 0.680. The normalized spacial score (nSPS) is 17.4. The lowest BCUT2D eigenvalue weighted by Crippen LogP contribution is -2.49. The van der Waals surface area contributed by atoms with Crippen molar-refractivity contribution in [2.75, 3.05) is 7.11 Å². The van der Waals surface area contributed by atoms with E-state index in [0.29, 0.717) is 22.5 Å². The summed E-state index contributed by atoms with van der Waals surface area (Å²) in [6.07, 6.45) is 6.51. The molecule has 0 spiro atoms. The maximum atomic E-state index is 7.30. The van der Waals surface area contributed by atoms with Gasteiger partial charge in [0, 0.05) is 0 Å². The minimum Gasteiger partial charge on any atom is -0.497 e. The van der Waals surface area contributed by atoms with E-state index in [9.17, 15) is 0 Å². The van der Waals surface area contributed by atoms with Crippen LogP contribution in [0, 0.1) is 5.92 Å². The first-order valence-electron chi connectivity index (χ1n) is 11.2. The smallest absolute Gasteiger partial charge is 0.201 e. The summed E-state index contributed by atoms with van der Waals surface area (Å²) >= 11 is 0. The fourth-order valence-electron chi connectivity index (χ4n) is 5.44. The molecule has 0 amide bonds. The third-order valence-electron chi connectivity index (χ3n) is 6.91. The van der Waals surface area contributed by atoms with Crippen LogP contribution in [0.4, 0.5) is 0 Å². The Morgan fingerprint density at radius 3 is 1.82 bits per heavy atom. The van der Waals surface area contributed by atoms with Crippen molar-refractivity contribution < 1.29 is 9.16 Å². The molecule has 1 aromatic carbocycles. The average Bonchev–Trinajstić information content (AvgIpc) is 2.68. The van der Waals surface area contributed by atoms with E-state index in [1.54, 1.807) is 7.11 Å². The van der Waals surface area contributed by atoms with E-state index >= 15 is 0 Å². The standard InChI is InChI=1S/C25H42O2Si/c1-18(2)28(19(3)4,20(5)6)27-25(21(7)22-12-10-9-11-13-22)23-14-16-24(26-8)17-15-23/h14-20,22,25H,7,9-13H2,1-6,8H3. The van der Waals surface area contributed by atoms with Crippen LogP contribution < -0.4 is 4.74 Å². The molecule has 0 saturated heterocycles. The third kappa shape index (κ3) is 4.91. The lowest BCUT2D eigenvalue weighted by Gasteiger charge is -2.46. The summed E-state index contributed by atoms with van der Waals surface area (Å²) in [6, 6.07) is 8.47. The molecule has 0 aliphatic heterocycles. The number of hydrogen-bond acceptors (Lipinski definition) is 2. The Balaban J connectivity index is 2.44. The maximum absolute atomic E-state index is 7.30. The zero-order chi connectivity index (χ0) is 20.9. The van der Waals surface area contributed by atoms with Gasteiger partial charge in [-0.2, -0.15) is 0 Å². The molecule has 1 aliphatic carbocycles. The van der Waals surface area contributed by atoms with Crippen LogP contribution in [-0.2, 0) is 4.43 Å². The monoisotopic (exact) mass is 402 g/mol. The van der Waals surface area contributed by atoms with Gasteiger partial charge in [0.1, 0.15) is 5.75 Å². The lowest BCUT2D eigenvalue weighted by molar-refractivity contribution is 0.189. The van der Waals surface area contributed by atoms with Gasteiger partial charge in [0.25, 0.3) is 0 Å². The first-order chi connectivity index (χ1) is 13.2. The molecule has 1 unspecified atom stereocenters. The number of ether oxygens (including phenoxy) is 1. The highest BCUT2D eigenvalue weighted by atomic mass is 28.4. The number of methoxy groups -OCH3 is 1. The summed E-state index contributed by atoms with van der Waals surface area (Å²) in [5, 5.41) is 0. The van der Waals surface area contributed by atoms with Gasteiger partial charge in [-0.15, -0.1) is 0 Å². The van der Waals surface area contributed by atoms with Crippen LogP contribution in [0.25, 0.3) is 0 Å². The Bertz CT molecular complexity index is 590. The highest BCUT2D eigenvalue weighted by Gasteiger charge is 2.47. The van der Waals surface area contributed by atoms with E-state index in [2.05, 4.69) is 72.4 Å². The molecule has 0 radical (unpaired) electrons. The summed E-state index contributed by atoms with van der Waals surface area (Å²) in [6.45, 7) is 18.8. The minimum absolute atomic E-state index is 0.00660. The van der Waals surface area contributed by atoms with E-state index in [0.717, 1.165) is 5.75 Å². The molecule has 1 aliphatic rings. The summed E-state index contributed by atoms with van der Waals surface area (Å²) in [5.41, 5.74) is 4.21. The lowest BCUT2D eigenvalue weighted by atomic mass is 9.81. The topological polar surface area (TPSA) is 18.5 Å². The third-order valence-corrected chi connectivity index (χ3v) is 13.0. The number of rotatable bonds is 9. The van der Waals surface area contributed by atoms with E-state index < -0.39 is 8.32 Å². The molecule has 1 fully saturated rings. The molecule has 0 aromatic heterocycles. The van der Waals surface area contributed by atoms with Crippen LogP contribution in [0.15, 0.2) is 36.4 Å². The Hall–Kier alpha value is -1.06. The molecule has 0 heterocycles. The van der Waals surface area contributed by atoms with Crippen molar-refractivity contribution in [1.82, 2.24) is 0 Å². The van der Waals surface area contributed by atoms with Gasteiger partial charge in [-0.25, -0.2) is 0 Å². The molecule has 158 valence electrons. The van der Waals surface area contributed by atoms with Crippen molar-refractivity contribution in [1.29, 1.82) is 0 Å². The van der Waals surface area contributed by atoms with Gasteiger partial charge < -0.3 is 9.16 Å². The molecule has 0 N–H and O–H groups in total. The summed E-state index contributed by atoms with van der Waals surface area (Å²) in [5.74, 6) is 1.48. The molecule has 0 bridgehead atoms. The van der Waals surface area contributed by atoms with Gasteiger partial charge in [0.05, 0.1) is 13.2 Å². The van der Waals surface area contributed by atoms with Crippen LogP contribution in [-0.4, -0.2) is 15.4 Å². The summed E-state index contributed by atoms with van der Waals surface area (Å²) in [4.78, 5) is 0. The van der Waals surface area contributed by atoms with E-state index in [4.69, 9.17) is 9.16 Å². The van der Waals surface area contributed by atoms with Gasteiger partial charge in [0.2, 0.25) is 8.32 Å². The maximum Gasteiger partial charge on any atom is 0.201 e. The van der Waals surface area contributed by atoms with Crippen molar-refractivity contribution in [3.8, 4) is 5.75 Å². The van der Waals surface area contributed by atoms with Gasteiger partial charge in [0.15, 0.2) is 0 Å². The second kappa shape index (κ2) is 10.1. The Kier molecular flexibility index (Phi) is 8.39. The van der Waals surface area contributed by atoms with E-state index in [1.165, 1.54) is 43.2 Å². The quantitative estimate of drug-likeness (QED) is 0.307. The number of benzene rings is 1. The SMILES string of the molecule is C=C(C1CCCCC1)C(O[Si](C(C)C)(C(C)C)C(C)C)c1ccc(OC)cc1. The second-order valence-electron chi connectivity index (χ2n) is 9.50. The van der Waals surface area contributed by atoms with Gasteiger partial charge in [-0.1, -0.05) is 79.5 Å². The number of hydrogen-bond donors (Lipinski definition) is 0. The molecule has 28 heavy (non-hydrogen) atoms. The molecule has 1 saturated carbocycles. The summed E-state index contributed by atoms with van der Waals surface area (Å²) in [7, 11) is -0.293. The second-order valence-corrected chi connectivity index (χ2v) is 14.9. The van der Waals surface area contributed by atoms with Crippen molar-refractivity contribution in [3.05, 3.63) is 42.0 Å². The zero-order valence-corrected chi connectivity index (χ0v) is 20.3. The molecular weight excluding hydrogens is 360 g/mol. The first kappa shape index (κ1) is 23.2. The van der Waals surface area contributed by atoms with Gasteiger partial charge >= 0.3 is 0 Å². The molecule has 1 atom stereocenters. The highest BCUT2D eigenvalue weighted by molar-refractivity contribution is 6.77. The van der Waals surface area contributed by atoms with Crippen molar-refractivity contribution in [2.45, 2.75) is 96.4 Å². The average molecular weight is 403 g/mol.